The van der Waals surface area contributed by atoms with E-state index in [0.29, 0.717) is 102 Å². The van der Waals surface area contributed by atoms with Crippen LogP contribution in [0.5, 0.6) is 0 Å². The van der Waals surface area contributed by atoms with Crippen molar-refractivity contribution in [2.24, 2.45) is 23.2 Å². The Hall–Kier alpha value is -2.55. The fourth-order valence-electron chi connectivity index (χ4n) is 6.86. The maximum atomic E-state index is 13.0. The average Bonchev–Trinajstić information content (AvgIpc) is 3.16. The molecular weight excluding hydrogens is 801 g/mol. The molecule has 3 N–H and O–H groups in total. The number of ether oxygens (including phenoxy) is 4. The van der Waals surface area contributed by atoms with Crippen LogP contribution in [0, 0.1) is 23.2 Å². The standard InChI is InChI=1S/C47H86N2O11S/c1-37(2)41(46(3,4)5)36-40(51)20-13-10-9-11-15-33-61-34-16-12-14-19-39(50)35-38(45(56)60-47(6,7)8)21-22-42(52)48-25-17-27-57-29-31-59-32-30-58-28-18-26-49-43(53)23-24-44(54)55/h37-38,41H,9-36H2,1-8H3,(H,48,52)(H,49,53)(H,54,55). The summed E-state index contributed by atoms with van der Waals surface area (Å²) in [6, 6.07) is 0. The van der Waals surface area contributed by atoms with Gasteiger partial charge in [0.15, 0.2) is 0 Å². The second-order valence-corrected chi connectivity index (χ2v) is 19.8. The molecular formula is C47H86N2O11S. The van der Waals surface area contributed by atoms with E-state index in [4.69, 9.17) is 24.1 Å². The van der Waals surface area contributed by atoms with Crippen molar-refractivity contribution < 1.29 is 52.8 Å². The van der Waals surface area contributed by atoms with Gasteiger partial charge in [0.2, 0.25) is 11.8 Å². The van der Waals surface area contributed by atoms with Crippen molar-refractivity contribution in [2.75, 3.05) is 64.2 Å². The van der Waals surface area contributed by atoms with Crippen LogP contribution < -0.4 is 10.6 Å². The summed E-state index contributed by atoms with van der Waals surface area (Å²) in [7, 11) is 0. The van der Waals surface area contributed by atoms with Gasteiger partial charge in [0, 0.05) is 64.8 Å². The van der Waals surface area contributed by atoms with Crippen LogP contribution in [0.2, 0.25) is 0 Å². The van der Waals surface area contributed by atoms with Crippen LogP contribution in [0.1, 0.15) is 171 Å². The van der Waals surface area contributed by atoms with Crippen LogP contribution in [-0.2, 0) is 47.7 Å². The molecule has 13 nitrogen and oxygen atoms in total. The number of unbranched alkanes of at least 4 members (excludes halogenated alkanes) is 6. The van der Waals surface area contributed by atoms with Crippen LogP contribution >= 0.6 is 11.8 Å². The monoisotopic (exact) mass is 887 g/mol. The van der Waals surface area contributed by atoms with E-state index in [0.717, 1.165) is 43.6 Å². The highest BCUT2D eigenvalue weighted by atomic mass is 32.2. The van der Waals surface area contributed by atoms with Gasteiger partial charge in [0.25, 0.3) is 0 Å². The number of rotatable bonds is 40. The molecule has 2 unspecified atom stereocenters. The van der Waals surface area contributed by atoms with E-state index in [2.05, 4.69) is 45.3 Å². The Labute approximate surface area is 373 Å². The third kappa shape index (κ3) is 37.7. The van der Waals surface area contributed by atoms with E-state index < -0.39 is 23.5 Å². The van der Waals surface area contributed by atoms with Crippen LogP contribution in [0.25, 0.3) is 0 Å². The average molecular weight is 887 g/mol. The van der Waals surface area contributed by atoms with Crippen LogP contribution in [-0.4, -0.2) is 110 Å². The molecule has 0 heterocycles. The summed E-state index contributed by atoms with van der Waals surface area (Å²) in [6.07, 6.45) is 11.8. The lowest BCUT2D eigenvalue weighted by atomic mass is 9.71. The first-order valence-electron chi connectivity index (χ1n) is 23.1. The minimum absolute atomic E-state index is 0.0304. The van der Waals surface area contributed by atoms with Gasteiger partial charge in [-0.25, -0.2) is 0 Å². The predicted octanol–water partition coefficient (Wildman–Crippen LogP) is 8.52. The molecule has 0 aromatic carbocycles. The molecule has 356 valence electrons. The molecule has 2 amide bonds. The minimum atomic E-state index is -0.997. The molecule has 0 aliphatic heterocycles. The lowest BCUT2D eigenvalue weighted by Gasteiger charge is -2.33. The lowest BCUT2D eigenvalue weighted by molar-refractivity contribution is -0.161. The molecule has 0 aromatic heterocycles. The summed E-state index contributed by atoms with van der Waals surface area (Å²) < 4.78 is 22.1. The summed E-state index contributed by atoms with van der Waals surface area (Å²) in [4.78, 5) is 72.9. The van der Waals surface area contributed by atoms with E-state index in [-0.39, 0.29) is 55.1 Å². The zero-order valence-corrected chi connectivity index (χ0v) is 40.3. The van der Waals surface area contributed by atoms with Gasteiger partial charge in [0.1, 0.15) is 17.2 Å². The van der Waals surface area contributed by atoms with Gasteiger partial charge >= 0.3 is 11.9 Å². The van der Waals surface area contributed by atoms with Crippen molar-refractivity contribution in [1.82, 2.24) is 10.6 Å². The quantitative estimate of drug-likeness (QED) is 0.0395. The molecule has 0 saturated carbocycles. The molecule has 0 saturated heterocycles. The molecule has 0 fully saturated rings. The number of amides is 2. The maximum Gasteiger partial charge on any atom is 0.309 e. The van der Waals surface area contributed by atoms with E-state index in [1.807, 2.05) is 11.8 Å². The number of carboxylic acid groups (broad SMARTS) is 1. The Morgan fingerprint density at radius 1 is 0.557 bits per heavy atom. The van der Waals surface area contributed by atoms with E-state index in [9.17, 15) is 28.8 Å². The number of carbonyl (C=O) groups excluding carboxylic acids is 5. The van der Waals surface area contributed by atoms with Gasteiger partial charge in [0.05, 0.1) is 38.8 Å². The normalized spacial score (nSPS) is 12.9. The second kappa shape index (κ2) is 35.9. The molecule has 0 aliphatic carbocycles. The van der Waals surface area contributed by atoms with Crippen molar-refractivity contribution in [3.8, 4) is 0 Å². The number of nitrogens with one attached hydrogen (secondary N) is 2. The topological polar surface area (TPSA) is 184 Å². The largest absolute Gasteiger partial charge is 0.481 e. The fourth-order valence-corrected chi connectivity index (χ4v) is 7.89. The first kappa shape index (κ1) is 58.5. The molecule has 0 rings (SSSR count). The van der Waals surface area contributed by atoms with Crippen molar-refractivity contribution in [3.63, 3.8) is 0 Å². The van der Waals surface area contributed by atoms with E-state index in [1.54, 1.807) is 20.8 Å². The number of hydrogen-bond acceptors (Lipinski definition) is 11. The van der Waals surface area contributed by atoms with Crippen molar-refractivity contribution >= 4 is 47.1 Å². The van der Waals surface area contributed by atoms with Gasteiger partial charge in [-0.15, -0.1) is 0 Å². The summed E-state index contributed by atoms with van der Waals surface area (Å²) in [5.74, 6) is 1.06. The minimum Gasteiger partial charge on any atom is -0.481 e. The Kier molecular flexibility index (Phi) is 34.4. The van der Waals surface area contributed by atoms with E-state index >= 15 is 0 Å². The molecule has 0 bridgehead atoms. The maximum absolute atomic E-state index is 13.0. The molecule has 0 aliphatic rings. The molecule has 2 atom stereocenters. The highest BCUT2D eigenvalue weighted by Crippen LogP contribution is 2.35. The highest BCUT2D eigenvalue weighted by Gasteiger charge is 2.29. The van der Waals surface area contributed by atoms with Gasteiger partial charge in [-0.1, -0.05) is 60.3 Å². The molecule has 0 radical (unpaired) electrons. The molecule has 0 spiro atoms. The second-order valence-electron chi connectivity index (χ2n) is 18.5. The number of Topliss-reactive ketones (excluding diaryl/α,β-unsaturated/α-hetero) is 2. The number of carbonyl (C=O) groups is 6. The third-order valence-electron chi connectivity index (χ3n) is 10.2. The number of aliphatic carboxylic acids is 1. The van der Waals surface area contributed by atoms with Crippen LogP contribution in [0.15, 0.2) is 0 Å². The van der Waals surface area contributed by atoms with Gasteiger partial charge in [-0.3, -0.25) is 28.8 Å². The molecule has 14 heteroatoms. The SMILES string of the molecule is CC(C)C(CC(=O)CCCCCCCSCCCCCC(=O)CC(CCC(=O)NCCCOCCOCCOCCCNC(=O)CCC(=O)O)C(=O)OC(C)(C)C)C(C)(C)C. The third-order valence-corrected chi connectivity index (χ3v) is 11.3. The zero-order valence-electron chi connectivity index (χ0n) is 39.5. The molecule has 61 heavy (non-hydrogen) atoms. The van der Waals surface area contributed by atoms with Crippen molar-refractivity contribution in [1.29, 1.82) is 0 Å². The first-order valence-corrected chi connectivity index (χ1v) is 24.3. The molecule has 0 aromatic rings. The number of hydrogen-bond donors (Lipinski definition) is 3. The summed E-state index contributed by atoms with van der Waals surface area (Å²) >= 11 is 1.97. The number of esters is 1. The Balaban J connectivity index is 4.04. The zero-order chi connectivity index (χ0) is 45.9. The summed E-state index contributed by atoms with van der Waals surface area (Å²) in [5.41, 5.74) is -0.523. The number of ketones is 2. The van der Waals surface area contributed by atoms with Crippen LogP contribution in [0.4, 0.5) is 0 Å². The Morgan fingerprint density at radius 2 is 1.02 bits per heavy atom. The Bertz CT molecular complexity index is 1220. The smallest absolute Gasteiger partial charge is 0.309 e. The summed E-state index contributed by atoms with van der Waals surface area (Å²) in [6.45, 7) is 19.9. The highest BCUT2D eigenvalue weighted by molar-refractivity contribution is 7.99. The predicted molar refractivity (Wildman–Crippen MR) is 244 cm³/mol. The number of carboxylic acids is 1. The fraction of sp³-hybridized carbons (Fsp3) is 0.872. The Morgan fingerprint density at radius 3 is 1.51 bits per heavy atom. The first-order chi connectivity index (χ1) is 28.8. The van der Waals surface area contributed by atoms with Crippen LogP contribution in [0.3, 0.4) is 0 Å². The van der Waals surface area contributed by atoms with Crippen molar-refractivity contribution in [3.05, 3.63) is 0 Å². The van der Waals surface area contributed by atoms with Gasteiger partial charge in [-0.2, -0.15) is 11.8 Å². The lowest BCUT2D eigenvalue weighted by Crippen LogP contribution is -2.31. The summed E-state index contributed by atoms with van der Waals surface area (Å²) in [5, 5.41) is 14.1. The number of thioether (sulfide) groups is 1. The van der Waals surface area contributed by atoms with Gasteiger partial charge < -0.3 is 34.7 Å². The van der Waals surface area contributed by atoms with Gasteiger partial charge in [-0.05, 0) is 94.5 Å². The van der Waals surface area contributed by atoms with E-state index in [1.165, 1.54) is 19.3 Å². The van der Waals surface area contributed by atoms with Crippen molar-refractivity contribution in [2.45, 2.75) is 177 Å².